The van der Waals surface area contributed by atoms with Gasteiger partial charge in [0.1, 0.15) is 0 Å². The van der Waals surface area contributed by atoms with Crippen LogP contribution in [-0.4, -0.2) is 18.8 Å². The monoisotopic (exact) mass is 540 g/mol. The van der Waals surface area contributed by atoms with Gasteiger partial charge < -0.3 is 11.1 Å². The van der Waals surface area contributed by atoms with E-state index in [2.05, 4.69) is 0 Å². The van der Waals surface area contributed by atoms with Crippen LogP contribution in [0.1, 0.15) is 33.0 Å². The third-order valence-corrected chi connectivity index (χ3v) is 5.25. The summed E-state index contributed by atoms with van der Waals surface area (Å²) in [5.41, 5.74) is 2.52. The zero-order valence-electron chi connectivity index (χ0n) is 15.6. The summed E-state index contributed by atoms with van der Waals surface area (Å²) in [5.74, 6) is -3.29. The van der Waals surface area contributed by atoms with Gasteiger partial charge in [-0.2, -0.15) is 26.3 Å². The van der Waals surface area contributed by atoms with E-state index < -0.39 is 42.0 Å². The second kappa shape index (κ2) is 11.0. The summed E-state index contributed by atoms with van der Waals surface area (Å²) in [7, 11) is 0. The van der Waals surface area contributed by atoms with E-state index >= 15 is 0 Å². The lowest BCUT2D eigenvalue weighted by Crippen LogP contribution is -2.31. The summed E-state index contributed by atoms with van der Waals surface area (Å²) in [6.45, 7) is -0.392. The number of amides is 1. The minimum Gasteiger partial charge on any atom is -0.340 e. The van der Waals surface area contributed by atoms with Gasteiger partial charge in [-0.05, 0) is 35.4 Å². The van der Waals surface area contributed by atoms with Crippen molar-refractivity contribution in [1.29, 1.82) is 0 Å². The molecule has 0 aliphatic rings. The average molecular weight is 542 g/mol. The number of nitrogens with two attached hydrogens (primary N) is 1. The molecule has 1 unspecified atom stereocenters. The second-order valence-corrected chi connectivity index (χ2v) is 7.38. The van der Waals surface area contributed by atoms with E-state index in [0.29, 0.717) is 12.1 Å². The van der Waals surface area contributed by atoms with Gasteiger partial charge in [-0.25, -0.2) is 0 Å². The number of benzene rings is 2. The number of nitrogens with one attached hydrogen (secondary N) is 1. The summed E-state index contributed by atoms with van der Waals surface area (Å²) in [5, 5.41) is 1.50. The molecule has 2 rings (SSSR count). The van der Waals surface area contributed by atoms with Crippen LogP contribution in [0.4, 0.5) is 26.3 Å². The minimum absolute atomic E-state index is 0. The van der Waals surface area contributed by atoms with Crippen LogP contribution in [0.15, 0.2) is 36.4 Å². The normalized spacial score (nSPS) is 13.1. The van der Waals surface area contributed by atoms with Crippen LogP contribution in [0.25, 0.3) is 6.08 Å². The maximum absolute atomic E-state index is 13.6. The van der Waals surface area contributed by atoms with Crippen molar-refractivity contribution in [1.82, 2.24) is 5.32 Å². The molecule has 176 valence electrons. The summed E-state index contributed by atoms with van der Waals surface area (Å²) >= 11 is 17.3. The largest absolute Gasteiger partial charge is 0.417 e. The topological polar surface area (TPSA) is 55.1 Å². The molecule has 3 N–H and O–H groups in total. The van der Waals surface area contributed by atoms with Crippen molar-refractivity contribution >= 4 is 59.2 Å². The number of rotatable bonds is 5. The molecular weight excluding hydrogens is 528 g/mol. The van der Waals surface area contributed by atoms with Gasteiger partial charge in [-0.1, -0.05) is 53.0 Å². The molecule has 2 aromatic carbocycles. The predicted molar refractivity (Wildman–Crippen MR) is 115 cm³/mol. The van der Waals surface area contributed by atoms with Crippen LogP contribution in [0.5, 0.6) is 0 Å². The molecule has 0 bridgehead atoms. The van der Waals surface area contributed by atoms with Gasteiger partial charge in [-0.15, -0.1) is 12.4 Å². The van der Waals surface area contributed by atoms with Gasteiger partial charge in [-0.3, -0.25) is 4.79 Å². The van der Waals surface area contributed by atoms with Crippen molar-refractivity contribution in [3.8, 4) is 0 Å². The van der Waals surface area contributed by atoms with E-state index in [1.807, 2.05) is 5.32 Å². The lowest BCUT2D eigenvalue weighted by molar-refractivity contribution is -0.139. The fourth-order valence-corrected chi connectivity index (χ4v) is 3.27. The highest BCUT2D eigenvalue weighted by Crippen LogP contribution is 2.41. The third kappa shape index (κ3) is 6.92. The van der Waals surface area contributed by atoms with Crippen LogP contribution >= 0.6 is 47.2 Å². The number of carbonyl (C=O) groups excluding carboxylic acids is 1. The van der Waals surface area contributed by atoms with E-state index in [-0.39, 0.29) is 38.6 Å². The summed E-state index contributed by atoms with van der Waals surface area (Å²) in [6.07, 6.45) is -8.21. The Morgan fingerprint density at radius 2 is 1.59 bits per heavy atom. The van der Waals surface area contributed by atoms with Crippen molar-refractivity contribution < 1.29 is 31.1 Å². The first-order valence-corrected chi connectivity index (χ1v) is 9.48. The van der Waals surface area contributed by atoms with Crippen molar-refractivity contribution in [2.45, 2.75) is 18.3 Å². The van der Waals surface area contributed by atoms with E-state index in [0.717, 1.165) is 30.3 Å². The molecule has 0 spiro atoms. The molecule has 1 atom stereocenters. The molecule has 32 heavy (non-hydrogen) atoms. The quantitative estimate of drug-likeness (QED) is 0.241. The maximum Gasteiger partial charge on any atom is 0.417 e. The summed E-state index contributed by atoms with van der Waals surface area (Å²) < 4.78 is 80.8. The Hall–Kier alpha value is -1.65. The molecule has 0 fully saturated rings. The molecule has 0 heterocycles. The molecular formula is C19H14Cl4F6N2O. The molecule has 13 heteroatoms. The predicted octanol–water partition coefficient (Wildman–Crippen LogP) is 7.09. The van der Waals surface area contributed by atoms with Crippen molar-refractivity contribution in [3.63, 3.8) is 0 Å². The van der Waals surface area contributed by atoms with E-state index in [1.165, 1.54) is 0 Å². The van der Waals surface area contributed by atoms with Crippen LogP contribution < -0.4 is 11.1 Å². The van der Waals surface area contributed by atoms with Gasteiger partial charge in [0.2, 0.25) is 0 Å². The van der Waals surface area contributed by atoms with Crippen molar-refractivity contribution in [2.75, 3.05) is 6.67 Å². The van der Waals surface area contributed by atoms with Crippen molar-refractivity contribution in [2.24, 2.45) is 5.73 Å². The van der Waals surface area contributed by atoms with Gasteiger partial charge in [0.25, 0.3) is 5.91 Å². The van der Waals surface area contributed by atoms with Gasteiger partial charge >= 0.3 is 12.4 Å². The summed E-state index contributed by atoms with van der Waals surface area (Å²) in [4.78, 5) is 11.8. The number of alkyl halides is 6. The van der Waals surface area contributed by atoms with Crippen LogP contribution in [0, 0.1) is 0 Å². The first-order valence-electron chi connectivity index (χ1n) is 8.34. The van der Waals surface area contributed by atoms with E-state index in [9.17, 15) is 31.1 Å². The van der Waals surface area contributed by atoms with E-state index in [1.54, 1.807) is 0 Å². The molecule has 0 saturated carbocycles. The average Bonchev–Trinajstić information content (AvgIpc) is 2.64. The fraction of sp³-hybridized carbons (Fsp3) is 0.211. The Morgan fingerprint density at radius 3 is 2.06 bits per heavy atom. The van der Waals surface area contributed by atoms with Crippen molar-refractivity contribution in [3.05, 3.63) is 73.7 Å². The Balaban J connectivity index is 0.00000512. The highest BCUT2D eigenvalue weighted by Gasteiger charge is 2.39. The fourth-order valence-electron chi connectivity index (χ4n) is 2.66. The molecule has 0 aliphatic carbocycles. The zero-order valence-corrected chi connectivity index (χ0v) is 18.7. The van der Waals surface area contributed by atoms with Crippen LogP contribution in [-0.2, 0) is 6.18 Å². The molecule has 0 saturated heterocycles. The molecule has 3 nitrogen and oxygen atoms in total. The Morgan fingerprint density at radius 1 is 1.03 bits per heavy atom. The minimum atomic E-state index is -4.92. The highest BCUT2D eigenvalue weighted by atomic mass is 35.5. The van der Waals surface area contributed by atoms with Gasteiger partial charge in [0, 0.05) is 0 Å². The SMILES string of the molecule is Cl.NCNC(=O)c1ccc(/C=C/C(c2cc(Cl)c(Cl)c(Cl)c2)C(F)(F)F)cc1C(F)(F)F. The maximum atomic E-state index is 13.6. The highest BCUT2D eigenvalue weighted by molar-refractivity contribution is 6.48. The van der Waals surface area contributed by atoms with Gasteiger partial charge in [0.05, 0.1) is 38.8 Å². The smallest absolute Gasteiger partial charge is 0.340 e. The standard InChI is InChI=1S/C19H13Cl3F6N2O.ClH/c20-14-6-10(7-15(21)16(14)22)12(18(23,24)25)4-2-9-1-3-11(17(31)30-8-29)13(5-9)19(26,27)28;/h1-7,12H,8,29H2,(H,30,31);1H/b4-2+;. The number of allylic oxidation sites excluding steroid dienone is 1. The third-order valence-electron chi connectivity index (χ3n) is 4.06. The number of hydrogen-bond donors (Lipinski definition) is 2. The first-order chi connectivity index (χ1) is 14.3. The second-order valence-electron chi connectivity index (χ2n) is 6.19. The molecule has 1 amide bonds. The van der Waals surface area contributed by atoms with Crippen LogP contribution in [0.2, 0.25) is 15.1 Å². The number of halogens is 10. The van der Waals surface area contributed by atoms with E-state index in [4.69, 9.17) is 40.5 Å². The molecule has 0 aromatic heterocycles. The molecule has 0 radical (unpaired) electrons. The number of carbonyl (C=O) groups is 1. The first kappa shape index (κ1) is 28.4. The Kier molecular flexibility index (Phi) is 9.74. The number of hydrogen-bond acceptors (Lipinski definition) is 2. The molecule has 2 aromatic rings. The van der Waals surface area contributed by atoms with Gasteiger partial charge in [0.15, 0.2) is 0 Å². The lowest BCUT2D eigenvalue weighted by atomic mass is 9.96. The van der Waals surface area contributed by atoms with Crippen LogP contribution in [0.3, 0.4) is 0 Å². The molecule has 0 aliphatic heterocycles. The Labute approximate surface area is 199 Å². The zero-order chi connectivity index (χ0) is 23.6. The lowest BCUT2D eigenvalue weighted by Gasteiger charge is -2.18. The Bertz CT molecular complexity index is 985. The summed E-state index contributed by atoms with van der Waals surface area (Å²) in [6, 6.07) is 4.44.